The molecule has 0 radical (unpaired) electrons. The first kappa shape index (κ1) is 16.2. The van der Waals surface area contributed by atoms with Crippen molar-refractivity contribution < 1.29 is 14.3 Å². The zero-order valence-electron chi connectivity index (χ0n) is 14.5. The Morgan fingerprint density at radius 1 is 1.31 bits per heavy atom. The number of nitrogens with one attached hydrogen (secondary N) is 1. The molecule has 1 aromatic carbocycles. The van der Waals surface area contributed by atoms with Crippen molar-refractivity contribution in [2.45, 2.75) is 50.7 Å². The topological polar surface area (TPSA) is 62.4 Å². The van der Waals surface area contributed by atoms with E-state index in [2.05, 4.69) is 4.98 Å². The van der Waals surface area contributed by atoms with E-state index in [1.54, 1.807) is 0 Å². The van der Waals surface area contributed by atoms with Crippen LogP contribution in [0.25, 0.3) is 10.9 Å². The number of nitrogens with zero attached hydrogens (tertiary/aromatic N) is 1. The molecule has 1 aromatic heterocycles. The van der Waals surface area contributed by atoms with Gasteiger partial charge in [-0.3, -0.25) is 9.59 Å². The van der Waals surface area contributed by atoms with Crippen LogP contribution < -0.4 is 0 Å². The molecule has 2 fully saturated rings. The molecule has 1 N–H and O–H groups in total. The third kappa shape index (κ3) is 2.37. The number of ether oxygens (including phenoxy) is 1. The van der Waals surface area contributed by atoms with Crippen molar-refractivity contribution in [2.24, 2.45) is 5.92 Å². The van der Waals surface area contributed by atoms with E-state index in [9.17, 15) is 9.59 Å². The van der Waals surface area contributed by atoms with Crippen LogP contribution in [0.15, 0.2) is 18.2 Å². The molecule has 3 aliphatic rings. The first-order valence-electron chi connectivity index (χ1n) is 9.35. The van der Waals surface area contributed by atoms with Gasteiger partial charge in [0.25, 0.3) is 0 Å². The second kappa shape index (κ2) is 5.74. The van der Waals surface area contributed by atoms with Crippen LogP contribution in [-0.4, -0.2) is 33.9 Å². The molecule has 5 rings (SSSR count). The van der Waals surface area contributed by atoms with Gasteiger partial charge in [0, 0.05) is 46.7 Å². The minimum Gasteiger partial charge on any atom is -0.458 e. The summed E-state index contributed by atoms with van der Waals surface area (Å²) in [6.45, 7) is 1.24. The fraction of sp³-hybridized carbons (Fsp3) is 0.500. The highest BCUT2D eigenvalue weighted by molar-refractivity contribution is 6.31. The van der Waals surface area contributed by atoms with Crippen LogP contribution in [0.3, 0.4) is 0 Å². The number of amides is 1. The number of aromatic nitrogens is 1. The van der Waals surface area contributed by atoms with Gasteiger partial charge < -0.3 is 14.6 Å². The Morgan fingerprint density at radius 3 is 2.92 bits per heavy atom. The van der Waals surface area contributed by atoms with Crippen LogP contribution in [0.2, 0.25) is 5.02 Å². The van der Waals surface area contributed by atoms with Crippen molar-refractivity contribution >= 4 is 34.4 Å². The van der Waals surface area contributed by atoms with E-state index in [0.717, 1.165) is 48.6 Å². The number of esters is 1. The molecule has 2 aromatic rings. The molecule has 1 saturated carbocycles. The quantitative estimate of drug-likeness (QED) is 0.778. The van der Waals surface area contributed by atoms with Crippen LogP contribution in [0.4, 0.5) is 0 Å². The number of carbonyl (C=O) groups excluding carboxylic acids is 2. The lowest BCUT2D eigenvalue weighted by Crippen LogP contribution is -2.46. The zero-order chi connectivity index (χ0) is 17.9. The van der Waals surface area contributed by atoms with E-state index in [1.807, 2.05) is 23.1 Å². The highest BCUT2D eigenvalue weighted by atomic mass is 35.5. The Balaban J connectivity index is 1.45. The molecule has 1 unspecified atom stereocenters. The molecule has 1 aliphatic carbocycles. The Hall–Kier alpha value is -2.01. The van der Waals surface area contributed by atoms with E-state index < -0.39 is 5.60 Å². The summed E-state index contributed by atoms with van der Waals surface area (Å²) in [5.74, 6) is -0.477. The SMILES string of the molecule is O=C1CC(C(=O)N2CCc3[nH]c4ccc(Cl)cc4c3C2)C2(CCCC2)O1. The van der Waals surface area contributed by atoms with Gasteiger partial charge in [-0.15, -0.1) is 0 Å². The van der Waals surface area contributed by atoms with Crippen LogP contribution in [0.1, 0.15) is 43.4 Å². The molecule has 1 amide bonds. The van der Waals surface area contributed by atoms with Gasteiger partial charge in [0.2, 0.25) is 5.91 Å². The van der Waals surface area contributed by atoms with Gasteiger partial charge in [-0.05, 0) is 43.9 Å². The highest BCUT2D eigenvalue weighted by Crippen LogP contribution is 2.46. The molecule has 1 spiro atoms. The summed E-state index contributed by atoms with van der Waals surface area (Å²) < 4.78 is 5.66. The van der Waals surface area contributed by atoms with Crippen LogP contribution >= 0.6 is 11.6 Å². The minimum absolute atomic E-state index is 0.0692. The molecule has 2 aliphatic heterocycles. The summed E-state index contributed by atoms with van der Waals surface area (Å²) in [6.07, 6.45) is 4.71. The molecule has 26 heavy (non-hydrogen) atoms. The Morgan fingerprint density at radius 2 is 2.12 bits per heavy atom. The maximum atomic E-state index is 13.3. The number of hydrogen-bond donors (Lipinski definition) is 1. The fourth-order valence-corrected chi connectivity index (χ4v) is 5.20. The highest BCUT2D eigenvalue weighted by Gasteiger charge is 2.55. The Labute approximate surface area is 156 Å². The lowest BCUT2D eigenvalue weighted by Gasteiger charge is -2.34. The third-order valence-corrected chi connectivity index (χ3v) is 6.55. The van der Waals surface area contributed by atoms with Crippen molar-refractivity contribution in [1.82, 2.24) is 9.88 Å². The van der Waals surface area contributed by atoms with E-state index in [4.69, 9.17) is 16.3 Å². The van der Waals surface area contributed by atoms with Crippen LogP contribution in [0.5, 0.6) is 0 Å². The van der Waals surface area contributed by atoms with Gasteiger partial charge in [0.1, 0.15) is 5.60 Å². The lowest BCUT2D eigenvalue weighted by molar-refractivity contribution is -0.151. The fourth-order valence-electron chi connectivity index (χ4n) is 5.02. The maximum Gasteiger partial charge on any atom is 0.307 e. The average Bonchev–Trinajstić information content (AvgIpc) is 3.32. The first-order valence-corrected chi connectivity index (χ1v) is 9.73. The second-order valence-corrected chi connectivity index (χ2v) is 8.22. The molecule has 1 saturated heterocycles. The molecule has 5 nitrogen and oxygen atoms in total. The normalized spacial score (nSPS) is 24.3. The zero-order valence-corrected chi connectivity index (χ0v) is 15.3. The van der Waals surface area contributed by atoms with Crippen molar-refractivity contribution in [2.75, 3.05) is 6.54 Å². The van der Waals surface area contributed by atoms with Gasteiger partial charge in [0.05, 0.1) is 12.3 Å². The molecule has 1 atom stereocenters. The van der Waals surface area contributed by atoms with Gasteiger partial charge in [-0.25, -0.2) is 0 Å². The lowest BCUT2D eigenvalue weighted by atomic mass is 9.84. The number of rotatable bonds is 1. The summed E-state index contributed by atoms with van der Waals surface area (Å²) in [7, 11) is 0. The standard InChI is InChI=1S/C20H21ClN2O3/c21-12-3-4-16-13(9-12)14-11-23(8-5-17(14)22-16)19(25)15-10-18(24)26-20(15)6-1-2-7-20/h3-4,9,15,22H,1-2,5-8,10-11H2. The van der Waals surface area contributed by atoms with Gasteiger partial charge in [0.15, 0.2) is 0 Å². The molecule has 0 bridgehead atoms. The number of H-pyrrole nitrogens is 1. The second-order valence-electron chi connectivity index (χ2n) is 7.78. The van der Waals surface area contributed by atoms with Crippen LogP contribution in [-0.2, 0) is 27.3 Å². The van der Waals surface area contributed by atoms with Gasteiger partial charge in [-0.1, -0.05) is 11.6 Å². The molecule has 136 valence electrons. The predicted molar refractivity (Wildman–Crippen MR) is 97.8 cm³/mol. The molecule has 6 heteroatoms. The van der Waals surface area contributed by atoms with Crippen molar-refractivity contribution in [3.05, 3.63) is 34.5 Å². The average molecular weight is 373 g/mol. The van der Waals surface area contributed by atoms with Crippen molar-refractivity contribution in [3.63, 3.8) is 0 Å². The number of halogens is 1. The Kier molecular flexibility index (Phi) is 3.58. The van der Waals surface area contributed by atoms with E-state index in [0.29, 0.717) is 18.1 Å². The summed E-state index contributed by atoms with van der Waals surface area (Å²) in [5, 5.41) is 1.78. The van der Waals surface area contributed by atoms with Crippen LogP contribution in [0, 0.1) is 5.92 Å². The summed E-state index contributed by atoms with van der Waals surface area (Å²) in [4.78, 5) is 30.6. The number of fused-ring (bicyclic) bond motifs is 3. The molecular formula is C20H21ClN2O3. The Bertz CT molecular complexity index is 913. The smallest absolute Gasteiger partial charge is 0.307 e. The van der Waals surface area contributed by atoms with E-state index in [-0.39, 0.29) is 24.2 Å². The molecule has 3 heterocycles. The molecular weight excluding hydrogens is 352 g/mol. The van der Waals surface area contributed by atoms with Gasteiger partial charge in [-0.2, -0.15) is 0 Å². The van der Waals surface area contributed by atoms with E-state index >= 15 is 0 Å². The summed E-state index contributed by atoms with van der Waals surface area (Å²) in [5.41, 5.74) is 2.84. The largest absolute Gasteiger partial charge is 0.458 e. The number of benzene rings is 1. The summed E-state index contributed by atoms with van der Waals surface area (Å²) in [6, 6.07) is 5.82. The van der Waals surface area contributed by atoms with Crippen molar-refractivity contribution in [1.29, 1.82) is 0 Å². The number of aromatic amines is 1. The first-order chi connectivity index (χ1) is 12.6. The van der Waals surface area contributed by atoms with E-state index in [1.165, 1.54) is 5.69 Å². The third-order valence-electron chi connectivity index (χ3n) is 6.32. The summed E-state index contributed by atoms with van der Waals surface area (Å²) >= 11 is 6.17. The number of hydrogen-bond acceptors (Lipinski definition) is 3. The predicted octanol–water partition coefficient (Wildman–Crippen LogP) is 3.58. The monoisotopic (exact) mass is 372 g/mol. The van der Waals surface area contributed by atoms with Gasteiger partial charge >= 0.3 is 5.97 Å². The minimum atomic E-state index is -0.544. The van der Waals surface area contributed by atoms with Crippen molar-refractivity contribution in [3.8, 4) is 0 Å². The maximum absolute atomic E-state index is 13.3. The number of carbonyl (C=O) groups is 2.